The summed E-state index contributed by atoms with van der Waals surface area (Å²) in [6.45, 7) is 13.9. The average Bonchev–Trinajstić information content (AvgIpc) is 1.99. The van der Waals surface area contributed by atoms with Crippen LogP contribution in [0.4, 0.5) is 0 Å². The van der Waals surface area contributed by atoms with E-state index in [9.17, 15) is 0 Å². The number of aliphatic hydroxyl groups is 1. The molecule has 0 radical (unpaired) electrons. The third-order valence-electron chi connectivity index (χ3n) is 0.950. The molecule has 1 unspecified atom stereocenters. The predicted octanol–water partition coefficient (Wildman–Crippen LogP) is 2.55. The molecule has 100 valence electrons. The first kappa shape index (κ1) is 18.2. The molecule has 1 N–H and O–H groups in total. The van der Waals surface area contributed by atoms with E-state index in [1.54, 1.807) is 14.0 Å². The van der Waals surface area contributed by atoms with Gasteiger partial charge in [-0.25, -0.2) is 9.78 Å². The maximum absolute atomic E-state index is 8.43. The van der Waals surface area contributed by atoms with Crippen LogP contribution in [-0.2, 0) is 14.5 Å². The molecule has 16 heavy (non-hydrogen) atoms. The minimum absolute atomic E-state index is 0.215. The maximum atomic E-state index is 8.43. The summed E-state index contributed by atoms with van der Waals surface area (Å²) in [4.78, 5) is 10.2. The van der Waals surface area contributed by atoms with Crippen LogP contribution in [0.3, 0.4) is 0 Å². The molecule has 0 bridgehead atoms. The maximum Gasteiger partial charge on any atom is 0.0952 e. The smallest absolute Gasteiger partial charge is 0.0952 e. The van der Waals surface area contributed by atoms with Gasteiger partial charge < -0.3 is 9.84 Å². The van der Waals surface area contributed by atoms with Crippen molar-refractivity contribution in [3.05, 3.63) is 0 Å². The largest absolute Gasteiger partial charge is 0.391 e. The van der Waals surface area contributed by atoms with E-state index in [1.165, 1.54) is 0 Å². The van der Waals surface area contributed by atoms with Gasteiger partial charge >= 0.3 is 0 Å². The lowest BCUT2D eigenvalue weighted by Crippen LogP contribution is -2.27. The van der Waals surface area contributed by atoms with E-state index in [-0.39, 0.29) is 17.3 Å². The Kier molecular flexibility index (Phi) is 9.12. The van der Waals surface area contributed by atoms with Crippen LogP contribution in [0.25, 0.3) is 0 Å². The first-order valence-corrected chi connectivity index (χ1v) is 5.52. The minimum atomic E-state index is -0.324. The Bertz CT molecular complexity index is 139. The van der Waals surface area contributed by atoms with Gasteiger partial charge in [-0.15, -0.1) is 0 Å². The molecule has 0 rings (SSSR count). The standard InChI is InChI=1S/C8H18O2.C4H10O2/c1-7(2,3)9-10-8(4,5)6;1-4(5)3-6-2/h1-6H3;4-5H,3H2,1-2H3. The number of hydrogen-bond acceptors (Lipinski definition) is 4. The summed E-state index contributed by atoms with van der Waals surface area (Å²) < 4.78 is 4.55. The zero-order chi connectivity index (χ0) is 13.4. The Hall–Kier alpha value is -0.160. The van der Waals surface area contributed by atoms with E-state index in [0.717, 1.165) is 0 Å². The van der Waals surface area contributed by atoms with Crippen molar-refractivity contribution in [3.63, 3.8) is 0 Å². The van der Waals surface area contributed by atoms with Crippen LogP contribution in [0, 0.1) is 0 Å². The van der Waals surface area contributed by atoms with Crippen LogP contribution in [-0.4, -0.2) is 36.1 Å². The lowest BCUT2D eigenvalue weighted by Gasteiger charge is -2.24. The van der Waals surface area contributed by atoms with E-state index in [2.05, 4.69) is 4.74 Å². The highest BCUT2D eigenvalue weighted by atomic mass is 17.2. The lowest BCUT2D eigenvalue weighted by molar-refractivity contribution is -0.393. The van der Waals surface area contributed by atoms with Crippen molar-refractivity contribution >= 4 is 0 Å². The van der Waals surface area contributed by atoms with E-state index in [4.69, 9.17) is 14.9 Å². The molecule has 0 spiro atoms. The van der Waals surface area contributed by atoms with Crippen LogP contribution in [0.5, 0.6) is 0 Å². The van der Waals surface area contributed by atoms with Crippen LogP contribution in [0.15, 0.2) is 0 Å². The number of rotatable bonds is 3. The topological polar surface area (TPSA) is 47.9 Å². The van der Waals surface area contributed by atoms with Crippen LogP contribution in [0.2, 0.25) is 0 Å². The van der Waals surface area contributed by atoms with Gasteiger partial charge in [0.1, 0.15) is 0 Å². The molecule has 0 fully saturated rings. The summed E-state index contributed by atoms with van der Waals surface area (Å²) in [5, 5.41) is 8.43. The van der Waals surface area contributed by atoms with Crippen molar-refractivity contribution in [2.75, 3.05) is 13.7 Å². The van der Waals surface area contributed by atoms with Gasteiger partial charge in [0.2, 0.25) is 0 Å². The molecule has 0 aliphatic rings. The van der Waals surface area contributed by atoms with Crippen molar-refractivity contribution < 1.29 is 19.6 Å². The Morgan fingerprint density at radius 1 is 0.938 bits per heavy atom. The number of aliphatic hydroxyl groups excluding tert-OH is 1. The van der Waals surface area contributed by atoms with Crippen LogP contribution in [0.1, 0.15) is 48.5 Å². The van der Waals surface area contributed by atoms with Gasteiger partial charge in [-0.2, -0.15) is 0 Å². The summed E-state index contributed by atoms with van der Waals surface area (Å²) in [7, 11) is 1.56. The molecule has 0 aromatic carbocycles. The fraction of sp³-hybridized carbons (Fsp3) is 1.00. The van der Waals surface area contributed by atoms with Gasteiger partial charge in [-0.3, -0.25) is 0 Å². The zero-order valence-electron chi connectivity index (χ0n) is 12.0. The second kappa shape index (κ2) is 8.01. The SMILES string of the molecule is CC(C)(C)OOC(C)(C)C.COCC(C)O. The summed E-state index contributed by atoms with van der Waals surface area (Å²) in [5.74, 6) is 0. The first-order valence-electron chi connectivity index (χ1n) is 5.52. The average molecular weight is 236 g/mol. The molecule has 0 saturated carbocycles. The molecule has 0 amide bonds. The van der Waals surface area contributed by atoms with Crippen molar-refractivity contribution in [3.8, 4) is 0 Å². The Morgan fingerprint density at radius 2 is 1.25 bits per heavy atom. The molecule has 0 heterocycles. The summed E-state index contributed by atoms with van der Waals surface area (Å²) in [6, 6.07) is 0. The van der Waals surface area contributed by atoms with Gasteiger partial charge in [0, 0.05) is 7.11 Å². The molecule has 1 atom stereocenters. The van der Waals surface area contributed by atoms with Crippen molar-refractivity contribution in [1.29, 1.82) is 0 Å². The highest BCUT2D eigenvalue weighted by molar-refractivity contribution is 4.58. The number of hydrogen-bond donors (Lipinski definition) is 1. The fourth-order valence-electron chi connectivity index (χ4n) is 0.491. The van der Waals surface area contributed by atoms with Gasteiger partial charge in [0.15, 0.2) is 0 Å². The second-order valence-electron chi connectivity index (χ2n) is 5.70. The summed E-state index contributed by atoms with van der Waals surface area (Å²) in [6.07, 6.45) is -0.324. The fourth-order valence-corrected chi connectivity index (χ4v) is 0.491. The highest BCUT2D eigenvalue weighted by Crippen LogP contribution is 2.14. The Balaban J connectivity index is 0. The van der Waals surface area contributed by atoms with Crippen molar-refractivity contribution in [1.82, 2.24) is 0 Å². The third-order valence-corrected chi connectivity index (χ3v) is 0.950. The van der Waals surface area contributed by atoms with Crippen LogP contribution >= 0.6 is 0 Å². The third kappa shape index (κ3) is 23.6. The first-order chi connectivity index (χ1) is 6.98. The van der Waals surface area contributed by atoms with Crippen molar-refractivity contribution in [2.24, 2.45) is 0 Å². The predicted molar refractivity (Wildman–Crippen MR) is 65.2 cm³/mol. The van der Waals surface area contributed by atoms with E-state index >= 15 is 0 Å². The number of methoxy groups -OCH3 is 1. The highest BCUT2D eigenvalue weighted by Gasteiger charge is 2.18. The lowest BCUT2D eigenvalue weighted by atomic mass is 10.2. The van der Waals surface area contributed by atoms with Gasteiger partial charge in [0.25, 0.3) is 0 Å². The van der Waals surface area contributed by atoms with E-state index in [0.29, 0.717) is 6.61 Å². The zero-order valence-corrected chi connectivity index (χ0v) is 12.0. The molecular formula is C12H28O4. The molecule has 4 heteroatoms. The Labute approximate surface area is 99.8 Å². The Morgan fingerprint density at radius 3 is 1.31 bits per heavy atom. The van der Waals surface area contributed by atoms with Gasteiger partial charge in [-0.05, 0) is 48.5 Å². The van der Waals surface area contributed by atoms with E-state index < -0.39 is 0 Å². The second-order valence-corrected chi connectivity index (χ2v) is 5.70. The monoisotopic (exact) mass is 236 g/mol. The normalized spacial score (nSPS) is 14.1. The molecule has 0 aliphatic heterocycles. The quantitative estimate of drug-likeness (QED) is 0.604. The molecule has 4 nitrogen and oxygen atoms in total. The molecule has 0 aromatic heterocycles. The van der Waals surface area contributed by atoms with E-state index in [1.807, 2.05) is 41.5 Å². The van der Waals surface area contributed by atoms with Crippen molar-refractivity contribution in [2.45, 2.75) is 65.8 Å². The minimum Gasteiger partial charge on any atom is -0.391 e. The van der Waals surface area contributed by atoms with Crippen LogP contribution < -0.4 is 0 Å². The molecule has 0 aromatic rings. The summed E-state index contributed by atoms with van der Waals surface area (Å²) in [5.41, 5.74) is -0.430. The molecule has 0 saturated heterocycles. The van der Waals surface area contributed by atoms with Gasteiger partial charge in [0.05, 0.1) is 23.9 Å². The molecule has 0 aliphatic carbocycles. The summed E-state index contributed by atoms with van der Waals surface area (Å²) >= 11 is 0. The molecular weight excluding hydrogens is 208 g/mol. The number of ether oxygens (including phenoxy) is 1. The van der Waals surface area contributed by atoms with Gasteiger partial charge in [-0.1, -0.05) is 0 Å².